The van der Waals surface area contributed by atoms with E-state index in [4.69, 9.17) is 15.2 Å². The van der Waals surface area contributed by atoms with Gasteiger partial charge in [-0.2, -0.15) is 0 Å². The molecule has 4 heteroatoms. The molecule has 1 fully saturated rings. The van der Waals surface area contributed by atoms with Crippen molar-refractivity contribution in [2.24, 2.45) is 5.73 Å². The van der Waals surface area contributed by atoms with Gasteiger partial charge >= 0.3 is 0 Å². The van der Waals surface area contributed by atoms with E-state index < -0.39 is 0 Å². The maximum Gasteiger partial charge on any atom is 0.127 e. The Balaban J connectivity index is 1.76. The maximum atomic E-state index is 9.71. The minimum Gasteiger partial charge on any atom is -0.491 e. The standard InChI is InChI=1S/C13H17NO3/c14-10-7-16-13-6-8(4-5-9(10)13)17-12-3-1-2-11(12)15/h4-6,10-12,15H,1-3,7,14H2. The van der Waals surface area contributed by atoms with Crippen LogP contribution in [0.2, 0.25) is 0 Å². The summed E-state index contributed by atoms with van der Waals surface area (Å²) in [6.07, 6.45) is 2.35. The fourth-order valence-corrected chi connectivity index (χ4v) is 2.51. The molecular weight excluding hydrogens is 218 g/mol. The van der Waals surface area contributed by atoms with Gasteiger partial charge in [0.05, 0.1) is 12.1 Å². The Labute approximate surface area is 100 Å². The van der Waals surface area contributed by atoms with Crippen molar-refractivity contribution in [3.8, 4) is 11.5 Å². The van der Waals surface area contributed by atoms with Crippen molar-refractivity contribution in [1.82, 2.24) is 0 Å². The van der Waals surface area contributed by atoms with Crippen LogP contribution in [-0.4, -0.2) is 23.9 Å². The third kappa shape index (κ3) is 1.98. The highest BCUT2D eigenvalue weighted by Gasteiger charge is 2.28. The molecular formula is C13H17NO3. The molecule has 92 valence electrons. The van der Waals surface area contributed by atoms with Gasteiger partial charge in [-0.25, -0.2) is 0 Å². The molecule has 2 aliphatic rings. The number of hydrogen-bond donors (Lipinski definition) is 2. The van der Waals surface area contributed by atoms with Crippen molar-refractivity contribution in [2.45, 2.75) is 37.5 Å². The maximum absolute atomic E-state index is 9.71. The number of nitrogens with two attached hydrogens (primary N) is 1. The predicted molar refractivity (Wildman–Crippen MR) is 63.1 cm³/mol. The van der Waals surface area contributed by atoms with Gasteiger partial charge in [-0.15, -0.1) is 0 Å². The smallest absolute Gasteiger partial charge is 0.127 e. The lowest BCUT2D eigenvalue weighted by Gasteiger charge is -2.17. The lowest BCUT2D eigenvalue weighted by atomic mass is 10.1. The number of fused-ring (bicyclic) bond motifs is 1. The van der Waals surface area contributed by atoms with E-state index in [1.54, 1.807) is 0 Å². The van der Waals surface area contributed by atoms with Crippen LogP contribution in [0.4, 0.5) is 0 Å². The van der Waals surface area contributed by atoms with Crippen LogP contribution in [0.5, 0.6) is 11.5 Å². The van der Waals surface area contributed by atoms with Crippen molar-refractivity contribution < 1.29 is 14.6 Å². The summed E-state index contributed by atoms with van der Waals surface area (Å²) in [5.74, 6) is 1.56. The number of aliphatic hydroxyl groups excluding tert-OH is 1. The van der Waals surface area contributed by atoms with Crippen LogP contribution in [-0.2, 0) is 0 Å². The van der Waals surface area contributed by atoms with Gasteiger partial charge in [0.2, 0.25) is 0 Å². The molecule has 1 aliphatic carbocycles. The fraction of sp³-hybridized carbons (Fsp3) is 0.538. The van der Waals surface area contributed by atoms with Gasteiger partial charge in [0.25, 0.3) is 0 Å². The zero-order chi connectivity index (χ0) is 11.8. The van der Waals surface area contributed by atoms with Gasteiger partial charge in [0, 0.05) is 11.6 Å². The van der Waals surface area contributed by atoms with Crippen molar-refractivity contribution in [1.29, 1.82) is 0 Å². The number of aliphatic hydroxyl groups is 1. The molecule has 3 unspecified atom stereocenters. The van der Waals surface area contributed by atoms with Crippen LogP contribution >= 0.6 is 0 Å². The second kappa shape index (κ2) is 4.20. The van der Waals surface area contributed by atoms with Crippen LogP contribution in [0.1, 0.15) is 30.9 Å². The molecule has 1 aromatic carbocycles. The monoisotopic (exact) mass is 235 g/mol. The summed E-state index contributed by atoms with van der Waals surface area (Å²) in [6, 6.07) is 5.69. The second-order valence-electron chi connectivity index (χ2n) is 4.77. The molecule has 17 heavy (non-hydrogen) atoms. The Bertz CT molecular complexity index is 421. The molecule has 4 nitrogen and oxygen atoms in total. The van der Waals surface area contributed by atoms with E-state index >= 15 is 0 Å². The zero-order valence-electron chi connectivity index (χ0n) is 9.63. The number of hydrogen-bond acceptors (Lipinski definition) is 4. The molecule has 1 heterocycles. The molecule has 0 aromatic heterocycles. The minimum absolute atomic E-state index is 0.0314. The summed E-state index contributed by atoms with van der Waals surface area (Å²) in [7, 11) is 0. The first-order chi connectivity index (χ1) is 8.24. The summed E-state index contributed by atoms with van der Waals surface area (Å²) in [5, 5.41) is 9.71. The zero-order valence-corrected chi connectivity index (χ0v) is 9.63. The Hall–Kier alpha value is -1.26. The topological polar surface area (TPSA) is 64.7 Å². The quantitative estimate of drug-likeness (QED) is 0.812. The van der Waals surface area contributed by atoms with E-state index in [1.165, 1.54) is 0 Å². The minimum atomic E-state index is -0.341. The highest BCUT2D eigenvalue weighted by molar-refractivity contribution is 5.44. The molecule has 0 radical (unpaired) electrons. The first-order valence-electron chi connectivity index (χ1n) is 6.11. The van der Waals surface area contributed by atoms with Gasteiger partial charge in [-0.05, 0) is 31.4 Å². The van der Waals surface area contributed by atoms with E-state index in [0.29, 0.717) is 6.61 Å². The Morgan fingerprint density at radius 1 is 1.35 bits per heavy atom. The number of rotatable bonds is 2. The SMILES string of the molecule is NC1COc2cc(OC3CCCC3O)ccc21. The Morgan fingerprint density at radius 3 is 3.00 bits per heavy atom. The lowest BCUT2D eigenvalue weighted by molar-refractivity contribution is 0.0602. The van der Waals surface area contributed by atoms with Gasteiger partial charge in [0.1, 0.15) is 24.2 Å². The summed E-state index contributed by atoms with van der Waals surface area (Å²) in [6.45, 7) is 0.533. The fourth-order valence-electron chi connectivity index (χ4n) is 2.51. The third-order valence-electron chi connectivity index (χ3n) is 3.51. The van der Waals surface area contributed by atoms with Crippen LogP contribution in [0, 0.1) is 0 Å². The van der Waals surface area contributed by atoms with Crippen LogP contribution in [0.15, 0.2) is 18.2 Å². The normalized spacial score (nSPS) is 31.1. The molecule has 1 saturated carbocycles. The first-order valence-corrected chi connectivity index (χ1v) is 6.11. The van der Waals surface area contributed by atoms with Crippen molar-refractivity contribution in [3.63, 3.8) is 0 Å². The lowest BCUT2D eigenvalue weighted by Crippen LogP contribution is -2.25. The molecule has 3 N–H and O–H groups in total. The van der Waals surface area contributed by atoms with E-state index in [0.717, 1.165) is 36.3 Å². The van der Waals surface area contributed by atoms with Crippen LogP contribution < -0.4 is 15.2 Å². The molecule has 0 spiro atoms. The summed E-state index contributed by atoms with van der Waals surface area (Å²) in [4.78, 5) is 0. The molecule has 3 rings (SSSR count). The summed E-state index contributed by atoms with van der Waals surface area (Å²) in [5.41, 5.74) is 6.91. The molecule has 0 amide bonds. The second-order valence-corrected chi connectivity index (χ2v) is 4.77. The summed E-state index contributed by atoms with van der Waals surface area (Å²) >= 11 is 0. The van der Waals surface area contributed by atoms with Crippen molar-refractivity contribution in [2.75, 3.05) is 6.61 Å². The van der Waals surface area contributed by atoms with Gasteiger partial charge in [-0.3, -0.25) is 0 Å². The number of benzene rings is 1. The highest BCUT2D eigenvalue weighted by Crippen LogP contribution is 2.35. The highest BCUT2D eigenvalue weighted by atomic mass is 16.5. The average molecular weight is 235 g/mol. The largest absolute Gasteiger partial charge is 0.491 e. The molecule has 0 saturated heterocycles. The Kier molecular flexibility index (Phi) is 2.68. The molecule has 0 bridgehead atoms. The molecule has 3 atom stereocenters. The predicted octanol–water partition coefficient (Wildman–Crippen LogP) is 1.37. The summed E-state index contributed by atoms with van der Waals surface area (Å²) < 4.78 is 11.3. The average Bonchev–Trinajstić information content (AvgIpc) is 2.87. The number of ether oxygens (including phenoxy) is 2. The van der Waals surface area contributed by atoms with E-state index in [2.05, 4.69) is 0 Å². The van der Waals surface area contributed by atoms with Crippen LogP contribution in [0.3, 0.4) is 0 Å². The third-order valence-corrected chi connectivity index (χ3v) is 3.51. The Morgan fingerprint density at radius 2 is 2.24 bits per heavy atom. The van der Waals surface area contributed by atoms with E-state index in [-0.39, 0.29) is 18.2 Å². The van der Waals surface area contributed by atoms with Crippen LogP contribution in [0.25, 0.3) is 0 Å². The molecule has 1 aromatic rings. The molecule has 1 aliphatic heterocycles. The van der Waals surface area contributed by atoms with Gasteiger partial charge in [-0.1, -0.05) is 0 Å². The van der Waals surface area contributed by atoms with Gasteiger partial charge < -0.3 is 20.3 Å². The van der Waals surface area contributed by atoms with Gasteiger partial charge in [0.15, 0.2) is 0 Å². The first kappa shape index (κ1) is 10.9. The van der Waals surface area contributed by atoms with E-state index in [9.17, 15) is 5.11 Å². The van der Waals surface area contributed by atoms with Crippen molar-refractivity contribution in [3.05, 3.63) is 23.8 Å². The van der Waals surface area contributed by atoms with E-state index in [1.807, 2.05) is 18.2 Å². The van der Waals surface area contributed by atoms with Crippen molar-refractivity contribution >= 4 is 0 Å².